The third-order valence-electron chi connectivity index (χ3n) is 3.28. The molecule has 1 aromatic carbocycles. The molecule has 0 saturated carbocycles. The summed E-state index contributed by atoms with van der Waals surface area (Å²) in [5, 5.41) is 0. The zero-order valence-electron chi connectivity index (χ0n) is 10.8. The first-order valence-corrected chi connectivity index (χ1v) is 9.59. The second-order valence-electron chi connectivity index (χ2n) is 4.73. The van der Waals surface area contributed by atoms with E-state index in [0.717, 1.165) is 26.8 Å². The molecular weight excluding hydrogens is 260 g/mol. The Morgan fingerprint density at radius 2 is 2.06 bits per heavy atom. The van der Waals surface area contributed by atoms with Gasteiger partial charge in [-0.25, -0.2) is 0 Å². The van der Waals surface area contributed by atoms with Crippen molar-refractivity contribution in [1.29, 1.82) is 0 Å². The van der Waals surface area contributed by atoms with Gasteiger partial charge in [-0.15, -0.1) is 0 Å². The first kappa shape index (κ1) is 13.7. The monoisotopic (exact) mass is 279 g/mol. The van der Waals surface area contributed by atoms with Gasteiger partial charge in [0.15, 0.2) is 0 Å². The molecule has 1 heterocycles. The average molecular weight is 279 g/mol. The number of carbonyl (C=O) groups excluding carboxylic acids is 1. The molecule has 1 aliphatic heterocycles. The van der Waals surface area contributed by atoms with Gasteiger partial charge in [-0.3, -0.25) is 4.79 Å². The summed E-state index contributed by atoms with van der Waals surface area (Å²) in [4.78, 5) is 12.3. The number of hydrogen-bond donors (Lipinski definition) is 0. The van der Waals surface area contributed by atoms with E-state index in [1.165, 1.54) is 0 Å². The Hall–Kier alpha value is -0.710. The molecule has 2 nitrogen and oxygen atoms in total. The predicted molar refractivity (Wildman–Crippen MR) is 82.5 cm³/mol. The van der Waals surface area contributed by atoms with E-state index in [4.69, 9.17) is 0 Å². The van der Waals surface area contributed by atoms with Crippen LogP contribution in [-0.4, -0.2) is 23.8 Å². The zero-order valence-corrected chi connectivity index (χ0v) is 12.8. The lowest BCUT2D eigenvalue weighted by Crippen LogP contribution is -2.25. The summed E-state index contributed by atoms with van der Waals surface area (Å²) >= 11 is 0. The summed E-state index contributed by atoms with van der Waals surface area (Å²) < 4.78 is 2.02. The van der Waals surface area contributed by atoms with Crippen molar-refractivity contribution in [3.63, 3.8) is 0 Å². The van der Waals surface area contributed by atoms with Crippen LogP contribution in [0.3, 0.4) is 0 Å². The number of nitrogens with zero attached hydrogens (tertiary/aromatic N) is 1. The fourth-order valence-electron chi connectivity index (χ4n) is 2.10. The van der Waals surface area contributed by atoms with Gasteiger partial charge in [-0.1, -0.05) is 50.8 Å². The average Bonchev–Trinajstić information content (AvgIpc) is 2.67. The van der Waals surface area contributed by atoms with Gasteiger partial charge < -0.3 is 4.67 Å². The Bertz CT molecular complexity index is 446. The van der Waals surface area contributed by atoms with E-state index >= 15 is 0 Å². The summed E-state index contributed by atoms with van der Waals surface area (Å²) in [6, 6.07) is 10.2. The molecule has 96 valence electrons. The molecule has 0 bridgehead atoms. The maximum absolute atomic E-state index is 12.3. The van der Waals surface area contributed by atoms with E-state index in [-0.39, 0.29) is 5.41 Å². The van der Waals surface area contributed by atoms with E-state index in [2.05, 4.69) is 37.9 Å². The largest absolute Gasteiger partial charge is 0.320 e. The van der Waals surface area contributed by atoms with Crippen LogP contribution in [0.25, 0.3) is 6.08 Å². The minimum Gasteiger partial charge on any atom is -0.320 e. The van der Waals surface area contributed by atoms with Gasteiger partial charge in [0.1, 0.15) is 0 Å². The zero-order chi connectivity index (χ0) is 13.0. The van der Waals surface area contributed by atoms with Crippen molar-refractivity contribution in [1.82, 2.24) is 4.67 Å². The Balaban J connectivity index is 2.09. The molecule has 0 aliphatic carbocycles. The summed E-state index contributed by atoms with van der Waals surface area (Å²) in [6.07, 6.45) is 5.08. The van der Waals surface area contributed by atoms with Crippen molar-refractivity contribution in [3.8, 4) is 0 Å². The van der Waals surface area contributed by atoms with Gasteiger partial charge >= 0.3 is 0 Å². The van der Waals surface area contributed by atoms with Gasteiger partial charge in [0, 0.05) is 15.0 Å². The second-order valence-corrected chi connectivity index (χ2v) is 8.16. The van der Waals surface area contributed by atoms with E-state index in [1.807, 2.05) is 22.9 Å². The molecule has 4 heteroatoms. The quantitative estimate of drug-likeness (QED) is 0.768. The molecule has 2 rings (SSSR count). The topological polar surface area (TPSA) is 20.3 Å². The van der Waals surface area contributed by atoms with Crippen molar-refractivity contribution in [2.24, 2.45) is 5.41 Å². The molecule has 1 aliphatic rings. The summed E-state index contributed by atoms with van der Waals surface area (Å²) in [5.74, 6) is 0.294. The van der Waals surface area contributed by atoms with Crippen molar-refractivity contribution in [2.45, 2.75) is 13.3 Å². The summed E-state index contributed by atoms with van der Waals surface area (Å²) in [5.41, 5.74) is 0.854. The van der Waals surface area contributed by atoms with E-state index < -0.39 is 0 Å². The number of carbonyl (C=O) groups is 1. The molecule has 3 atom stereocenters. The minimum atomic E-state index is -0.303. The van der Waals surface area contributed by atoms with Crippen molar-refractivity contribution >= 4 is 28.7 Å². The second kappa shape index (κ2) is 5.95. The molecule has 3 unspecified atom stereocenters. The SMILES string of the molecule is CPPN1CCC(C)(/C=C/c2ccccc2)C1=O. The lowest BCUT2D eigenvalue weighted by atomic mass is 9.88. The van der Waals surface area contributed by atoms with Crippen LogP contribution in [0, 0.1) is 5.41 Å². The first-order valence-electron chi connectivity index (χ1n) is 6.14. The van der Waals surface area contributed by atoms with E-state index in [9.17, 15) is 4.79 Å². The van der Waals surface area contributed by atoms with Crippen molar-refractivity contribution in [3.05, 3.63) is 42.0 Å². The first-order chi connectivity index (χ1) is 8.65. The number of benzene rings is 1. The lowest BCUT2D eigenvalue weighted by molar-refractivity contribution is -0.129. The highest BCUT2D eigenvalue weighted by Crippen LogP contribution is 2.45. The van der Waals surface area contributed by atoms with Crippen LogP contribution in [0.15, 0.2) is 36.4 Å². The lowest BCUT2D eigenvalue weighted by Gasteiger charge is -2.19. The molecule has 0 spiro atoms. The summed E-state index contributed by atoms with van der Waals surface area (Å²) in [7, 11) is 1.50. The van der Waals surface area contributed by atoms with Crippen LogP contribution in [0.1, 0.15) is 18.9 Å². The van der Waals surface area contributed by atoms with Crippen molar-refractivity contribution < 1.29 is 4.79 Å². The van der Waals surface area contributed by atoms with Gasteiger partial charge in [-0.05, 0) is 25.6 Å². The molecule has 18 heavy (non-hydrogen) atoms. The number of rotatable bonds is 4. The maximum atomic E-state index is 12.3. The Morgan fingerprint density at radius 1 is 1.33 bits per heavy atom. The molecule has 0 N–H and O–H groups in total. The van der Waals surface area contributed by atoms with Gasteiger partial charge in [0.05, 0.1) is 5.41 Å². The van der Waals surface area contributed by atoms with Crippen LogP contribution in [0.4, 0.5) is 0 Å². The highest BCUT2D eigenvalue weighted by atomic mass is 32.0. The Labute approximate surface area is 112 Å². The van der Waals surface area contributed by atoms with Gasteiger partial charge in [-0.2, -0.15) is 0 Å². The number of hydrogen-bond acceptors (Lipinski definition) is 1. The fourth-order valence-corrected chi connectivity index (χ4v) is 4.40. The Morgan fingerprint density at radius 3 is 2.72 bits per heavy atom. The van der Waals surface area contributed by atoms with Crippen LogP contribution in [0.5, 0.6) is 0 Å². The van der Waals surface area contributed by atoms with Gasteiger partial charge in [0.2, 0.25) is 5.91 Å². The molecule has 0 radical (unpaired) electrons. The highest BCUT2D eigenvalue weighted by Gasteiger charge is 2.40. The van der Waals surface area contributed by atoms with E-state index in [0.29, 0.717) is 14.3 Å². The van der Waals surface area contributed by atoms with Gasteiger partial charge in [0.25, 0.3) is 0 Å². The molecule has 0 aromatic heterocycles. The standard InChI is InChI=1S/C14H19NOP2/c1-14(9-8-12-6-4-3-5-7-12)10-11-15(13(14)16)18-17-2/h3-9,17-18H,10-11H2,1-2H3/b9-8+. The number of amides is 1. The third kappa shape index (κ3) is 2.99. The smallest absolute Gasteiger partial charge is 0.235 e. The van der Waals surface area contributed by atoms with Crippen LogP contribution in [-0.2, 0) is 4.79 Å². The third-order valence-corrected chi connectivity index (χ3v) is 5.68. The van der Waals surface area contributed by atoms with E-state index in [1.54, 1.807) is 0 Å². The van der Waals surface area contributed by atoms with Crippen LogP contribution < -0.4 is 0 Å². The molecular formula is C14H19NOP2. The predicted octanol–water partition coefficient (Wildman–Crippen LogP) is 3.76. The fraction of sp³-hybridized carbons (Fsp3) is 0.357. The van der Waals surface area contributed by atoms with Crippen molar-refractivity contribution in [2.75, 3.05) is 13.2 Å². The molecule has 1 aromatic rings. The van der Waals surface area contributed by atoms with Crippen LogP contribution in [0.2, 0.25) is 0 Å². The molecule has 1 amide bonds. The summed E-state index contributed by atoms with van der Waals surface area (Å²) in [6.45, 7) is 5.12. The minimum absolute atomic E-state index is 0.294. The normalized spacial score (nSPS) is 25.4. The Kier molecular flexibility index (Phi) is 4.54. The van der Waals surface area contributed by atoms with Crippen LogP contribution >= 0.6 is 16.7 Å². The molecule has 1 saturated heterocycles. The molecule has 1 fully saturated rings. The maximum Gasteiger partial charge on any atom is 0.235 e. The highest BCUT2D eigenvalue weighted by molar-refractivity contribution is 8.10.